The highest BCUT2D eigenvalue weighted by atomic mass is 19.4. The summed E-state index contributed by atoms with van der Waals surface area (Å²) in [4.78, 5) is 18.8. The average molecular weight is 461 g/mol. The lowest BCUT2D eigenvalue weighted by atomic mass is 9.86. The summed E-state index contributed by atoms with van der Waals surface area (Å²) in [6.07, 6.45) is -2.49. The van der Waals surface area contributed by atoms with Gasteiger partial charge in [0, 0.05) is 18.7 Å². The van der Waals surface area contributed by atoms with Crippen LogP contribution in [0.2, 0.25) is 0 Å². The second kappa shape index (κ2) is 8.45. The Morgan fingerprint density at radius 2 is 1.85 bits per heavy atom. The zero-order valence-electron chi connectivity index (χ0n) is 18.0. The third-order valence-electron chi connectivity index (χ3n) is 5.40. The summed E-state index contributed by atoms with van der Waals surface area (Å²) >= 11 is 0. The lowest BCUT2D eigenvalue weighted by molar-refractivity contribution is -0.141. The number of nitrogens with one attached hydrogen (secondary N) is 1. The van der Waals surface area contributed by atoms with E-state index in [1.807, 2.05) is 24.3 Å². The zero-order valence-corrected chi connectivity index (χ0v) is 18.0. The molecule has 8 nitrogen and oxygen atoms in total. The number of halogens is 3. The fourth-order valence-electron chi connectivity index (χ4n) is 3.98. The number of nitrogens with zero attached hydrogens (tertiary/aromatic N) is 4. The maximum Gasteiger partial charge on any atom is 0.434 e. The largest absolute Gasteiger partial charge is 0.481 e. The minimum absolute atomic E-state index is 0.0373. The molecule has 2 heterocycles. The lowest BCUT2D eigenvalue weighted by Gasteiger charge is -2.19. The molecule has 0 spiro atoms. The van der Waals surface area contributed by atoms with E-state index in [1.165, 1.54) is 0 Å². The number of anilines is 1. The Morgan fingerprint density at radius 1 is 1.18 bits per heavy atom. The van der Waals surface area contributed by atoms with E-state index in [0.29, 0.717) is 12.8 Å². The van der Waals surface area contributed by atoms with E-state index in [9.17, 15) is 18.0 Å². The molecule has 0 bridgehead atoms. The molecule has 0 aliphatic heterocycles. The summed E-state index contributed by atoms with van der Waals surface area (Å²) in [7, 11) is 0. The monoisotopic (exact) mass is 461 g/mol. The molecular formula is C22H22F3N5O3. The predicted octanol–water partition coefficient (Wildman–Crippen LogP) is 4.17. The maximum absolute atomic E-state index is 13.8. The second-order valence-electron chi connectivity index (χ2n) is 8.88. The van der Waals surface area contributed by atoms with E-state index < -0.39 is 28.8 Å². The molecule has 0 saturated carbocycles. The molecule has 33 heavy (non-hydrogen) atoms. The highest BCUT2D eigenvalue weighted by Crippen LogP contribution is 2.36. The first kappa shape index (κ1) is 22.7. The molecule has 174 valence electrons. The molecule has 1 aliphatic carbocycles. The number of rotatable bonds is 7. The molecule has 1 aromatic carbocycles. The van der Waals surface area contributed by atoms with Crippen molar-refractivity contribution in [1.82, 2.24) is 20.2 Å². The van der Waals surface area contributed by atoms with Gasteiger partial charge in [0.2, 0.25) is 11.8 Å². The second-order valence-corrected chi connectivity index (χ2v) is 8.88. The van der Waals surface area contributed by atoms with Gasteiger partial charge in [0.05, 0.1) is 12.0 Å². The number of aromatic nitrogens is 4. The Bertz CT molecular complexity index is 1150. The first-order valence-corrected chi connectivity index (χ1v) is 10.3. The van der Waals surface area contributed by atoms with Gasteiger partial charge in [-0.05, 0) is 29.4 Å². The standard InChI is InChI=1S/C22H22F3N5O3/c1-21(2,10-17(31)32)9-16-29-30-19(33-16)15-11-26-20(28-18(15)22(23,24)25)27-14-7-12-5-3-4-6-13(12)8-14/h3-6,11,14H,7-10H2,1-2H3,(H,31,32)(H,26,27,28). The third-order valence-corrected chi connectivity index (χ3v) is 5.40. The van der Waals surface area contributed by atoms with Crippen LogP contribution in [0.25, 0.3) is 11.5 Å². The number of carboxylic acids is 1. The first-order valence-electron chi connectivity index (χ1n) is 10.3. The van der Waals surface area contributed by atoms with E-state index in [4.69, 9.17) is 9.52 Å². The summed E-state index contributed by atoms with van der Waals surface area (Å²) in [5, 5.41) is 19.5. The van der Waals surface area contributed by atoms with Crippen LogP contribution in [0.4, 0.5) is 19.1 Å². The fourth-order valence-corrected chi connectivity index (χ4v) is 3.98. The maximum atomic E-state index is 13.8. The third kappa shape index (κ3) is 5.29. The molecule has 11 heteroatoms. The Hall–Kier alpha value is -3.50. The Balaban J connectivity index is 1.56. The van der Waals surface area contributed by atoms with Gasteiger partial charge in [0.25, 0.3) is 5.89 Å². The van der Waals surface area contributed by atoms with Gasteiger partial charge < -0.3 is 14.8 Å². The van der Waals surface area contributed by atoms with Crippen molar-refractivity contribution >= 4 is 11.9 Å². The molecule has 0 amide bonds. The Kier molecular flexibility index (Phi) is 5.81. The highest BCUT2D eigenvalue weighted by molar-refractivity contribution is 5.67. The molecule has 0 saturated heterocycles. The highest BCUT2D eigenvalue weighted by Gasteiger charge is 2.38. The van der Waals surface area contributed by atoms with Gasteiger partial charge in [0.15, 0.2) is 5.69 Å². The topological polar surface area (TPSA) is 114 Å². The molecule has 3 aromatic rings. The van der Waals surface area contributed by atoms with Crippen LogP contribution in [0.15, 0.2) is 34.9 Å². The number of alkyl halides is 3. The summed E-state index contributed by atoms with van der Waals surface area (Å²) < 4.78 is 46.8. The van der Waals surface area contributed by atoms with Crippen LogP contribution in [-0.4, -0.2) is 37.3 Å². The van der Waals surface area contributed by atoms with Crippen molar-refractivity contribution in [3.05, 3.63) is 53.2 Å². The number of aliphatic carboxylic acids is 1. The van der Waals surface area contributed by atoms with E-state index in [0.717, 1.165) is 17.3 Å². The van der Waals surface area contributed by atoms with Gasteiger partial charge >= 0.3 is 12.1 Å². The summed E-state index contributed by atoms with van der Waals surface area (Å²) in [6, 6.07) is 7.73. The van der Waals surface area contributed by atoms with Crippen LogP contribution < -0.4 is 5.32 Å². The Morgan fingerprint density at radius 3 is 2.45 bits per heavy atom. The lowest BCUT2D eigenvalue weighted by Crippen LogP contribution is -2.22. The van der Waals surface area contributed by atoms with E-state index in [-0.39, 0.29) is 36.6 Å². The minimum atomic E-state index is -4.77. The van der Waals surface area contributed by atoms with Crippen LogP contribution in [0, 0.1) is 5.41 Å². The molecule has 2 aromatic heterocycles. The van der Waals surface area contributed by atoms with Gasteiger partial charge in [-0.3, -0.25) is 4.79 Å². The molecular weight excluding hydrogens is 439 g/mol. The van der Waals surface area contributed by atoms with Gasteiger partial charge in [0.1, 0.15) is 0 Å². The van der Waals surface area contributed by atoms with E-state index in [2.05, 4.69) is 25.5 Å². The van der Waals surface area contributed by atoms with Crippen molar-refractivity contribution in [2.24, 2.45) is 5.41 Å². The minimum Gasteiger partial charge on any atom is -0.481 e. The Labute approximate surface area is 187 Å². The van der Waals surface area contributed by atoms with E-state index in [1.54, 1.807) is 13.8 Å². The van der Waals surface area contributed by atoms with Gasteiger partial charge in [-0.1, -0.05) is 38.1 Å². The van der Waals surface area contributed by atoms with Crippen molar-refractivity contribution in [1.29, 1.82) is 0 Å². The number of benzene rings is 1. The van der Waals surface area contributed by atoms with Crippen molar-refractivity contribution in [3.63, 3.8) is 0 Å². The van der Waals surface area contributed by atoms with Crippen LogP contribution >= 0.6 is 0 Å². The number of carbonyl (C=O) groups is 1. The van der Waals surface area contributed by atoms with Gasteiger partial charge in [-0.25, -0.2) is 9.97 Å². The predicted molar refractivity (Wildman–Crippen MR) is 111 cm³/mol. The van der Waals surface area contributed by atoms with E-state index >= 15 is 0 Å². The molecule has 1 aliphatic rings. The fraction of sp³-hybridized carbons (Fsp3) is 0.409. The van der Waals surface area contributed by atoms with Crippen molar-refractivity contribution in [2.75, 3.05) is 5.32 Å². The summed E-state index contributed by atoms with van der Waals surface area (Å²) in [5.41, 5.74) is -0.0437. The van der Waals surface area contributed by atoms with Gasteiger partial charge in [-0.15, -0.1) is 10.2 Å². The summed E-state index contributed by atoms with van der Waals surface area (Å²) in [6.45, 7) is 3.38. The van der Waals surface area contributed by atoms with Gasteiger partial charge in [-0.2, -0.15) is 13.2 Å². The molecule has 0 radical (unpaired) electrons. The molecule has 4 rings (SSSR count). The van der Waals surface area contributed by atoms with Crippen LogP contribution in [-0.2, 0) is 30.2 Å². The molecule has 0 unspecified atom stereocenters. The zero-order chi connectivity index (χ0) is 23.8. The molecule has 2 N–H and O–H groups in total. The number of fused-ring (bicyclic) bond motifs is 1. The number of hydrogen-bond donors (Lipinski definition) is 2. The van der Waals surface area contributed by atoms with Crippen molar-refractivity contribution in [2.45, 2.75) is 51.7 Å². The van der Waals surface area contributed by atoms with Crippen LogP contribution in [0.3, 0.4) is 0 Å². The summed E-state index contributed by atoms with van der Waals surface area (Å²) in [5.74, 6) is -1.47. The quantitative estimate of drug-likeness (QED) is 0.539. The van der Waals surface area contributed by atoms with Crippen molar-refractivity contribution < 1.29 is 27.5 Å². The molecule has 0 atom stereocenters. The SMILES string of the molecule is CC(C)(CC(=O)O)Cc1nnc(-c2cnc(NC3Cc4ccccc4C3)nc2C(F)(F)F)o1. The first-order chi connectivity index (χ1) is 15.5. The number of hydrogen-bond acceptors (Lipinski definition) is 7. The smallest absolute Gasteiger partial charge is 0.434 e. The average Bonchev–Trinajstić information content (AvgIpc) is 3.32. The van der Waals surface area contributed by atoms with Crippen LogP contribution in [0.1, 0.15) is 43.0 Å². The number of carboxylic acid groups (broad SMARTS) is 1. The molecule has 0 fully saturated rings. The normalized spacial score (nSPS) is 14.3. The van der Waals surface area contributed by atoms with Crippen LogP contribution in [0.5, 0.6) is 0 Å². The van der Waals surface area contributed by atoms with Crippen molar-refractivity contribution in [3.8, 4) is 11.5 Å².